The van der Waals surface area contributed by atoms with Crippen LogP contribution in [0.1, 0.15) is 11.1 Å². The smallest absolute Gasteiger partial charge is 0.264 e. The highest BCUT2D eigenvalue weighted by atomic mass is 35.5. The first-order valence-corrected chi connectivity index (χ1v) is 11.4. The molecule has 3 aromatic rings. The molecule has 0 bridgehead atoms. The van der Waals surface area contributed by atoms with Crippen molar-refractivity contribution < 1.29 is 17.9 Å². The van der Waals surface area contributed by atoms with Gasteiger partial charge in [0.05, 0.1) is 17.7 Å². The summed E-state index contributed by atoms with van der Waals surface area (Å²) in [6, 6.07) is 20.2. The number of halogens is 1. The second-order valence-corrected chi connectivity index (χ2v) is 9.19. The second kappa shape index (κ2) is 9.85. The van der Waals surface area contributed by atoms with Gasteiger partial charge in [-0.1, -0.05) is 41.9 Å². The van der Waals surface area contributed by atoms with Crippen molar-refractivity contribution in [3.8, 4) is 5.75 Å². The van der Waals surface area contributed by atoms with Crippen LogP contribution < -0.4 is 14.4 Å². The Morgan fingerprint density at radius 1 is 1.03 bits per heavy atom. The molecule has 0 heterocycles. The van der Waals surface area contributed by atoms with Crippen molar-refractivity contribution in [3.63, 3.8) is 0 Å². The molecule has 0 aliphatic carbocycles. The van der Waals surface area contributed by atoms with Gasteiger partial charge in [-0.2, -0.15) is 0 Å². The number of carbonyl (C=O) groups excluding carboxylic acids is 1. The van der Waals surface area contributed by atoms with Gasteiger partial charge >= 0.3 is 0 Å². The Hall–Kier alpha value is -3.03. The van der Waals surface area contributed by atoms with E-state index in [4.69, 9.17) is 16.3 Å². The SMILES string of the molecule is COc1ccccc1CNC(=O)CN(c1cccc(C)c1)S(=O)(=O)c1ccc(Cl)cc1. The van der Waals surface area contributed by atoms with Crippen LogP contribution in [0.25, 0.3) is 0 Å². The van der Waals surface area contributed by atoms with E-state index in [0.717, 1.165) is 15.4 Å². The molecule has 1 N–H and O–H groups in total. The number of methoxy groups -OCH3 is 1. The van der Waals surface area contributed by atoms with Crippen LogP contribution in [-0.2, 0) is 21.4 Å². The minimum absolute atomic E-state index is 0.0518. The number of amides is 1. The molecule has 6 nitrogen and oxygen atoms in total. The van der Waals surface area contributed by atoms with Gasteiger partial charge in [-0.15, -0.1) is 0 Å². The van der Waals surface area contributed by atoms with Crippen LogP contribution in [0.3, 0.4) is 0 Å². The third-order valence-corrected chi connectivity index (χ3v) is 6.69. The van der Waals surface area contributed by atoms with Crippen LogP contribution in [0.5, 0.6) is 5.75 Å². The standard InChI is InChI=1S/C23H23ClN2O4S/c1-17-6-5-8-20(14-17)26(31(28,29)21-12-10-19(24)11-13-21)16-23(27)25-15-18-7-3-4-9-22(18)30-2/h3-14H,15-16H2,1-2H3,(H,25,27). The number of benzene rings is 3. The molecule has 0 saturated carbocycles. The van der Waals surface area contributed by atoms with E-state index in [0.29, 0.717) is 16.5 Å². The molecule has 0 unspecified atom stereocenters. The molecule has 0 fully saturated rings. The molecule has 0 aromatic heterocycles. The summed E-state index contributed by atoms with van der Waals surface area (Å²) in [6.07, 6.45) is 0. The van der Waals surface area contributed by atoms with E-state index in [1.165, 1.54) is 24.3 Å². The number of aryl methyl sites for hydroxylation is 1. The van der Waals surface area contributed by atoms with Gasteiger partial charge in [0.1, 0.15) is 12.3 Å². The summed E-state index contributed by atoms with van der Waals surface area (Å²) in [5.74, 6) is 0.206. The number of carbonyl (C=O) groups is 1. The fraction of sp³-hybridized carbons (Fsp3) is 0.174. The number of nitrogens with one attached hydrogen (secondary N) is 1. The minimum atomic E-state index is -3.99. The first-order chi connectivity index (χ1) is 14.8. The van der Waals surface area contributed by atoms with Gasteiger partial charge in [0, 0.05) is 17.1 Å². The molecule has 3 rings (SSSR count). The highest BCUT2D eigenvalue weighted by Gasteiger charge is 2.27. The highest BCUT2D eigenvalue weighted by Crippen LogP contribution is 2.25. The zero-order chi connectivity index (χ0) is 22.4. The van der Waals surface area contributed by atoms with Crippen LogP contribution in [0.15, 0.2) is 77.7 Å². The van der Waals surface area contributed by atoms with Crippen molar-refractivity contribution in [2.24, 2.45) is 0 Å². The highest BCUT2D eigenvalue weighted by molar-refractivity contribution is 7.92. The Morgan fingerprint density at radius 2 is 1.74 bits per heavy atom. The summed E-state index contributed by atoms with van der Waals surface area (Å²) >= 11 is 5.90. The Bertz CT molecular complexity index is 1160. The molecule has 162 valence electrons. The summed E-state index contributed by atoms with van der Waals surface area (Å²) in [6.45, 7) is 1.70. The number of para-hydroxylation sites is 1. The summed E-state index contributed by atoms with van der Waals surface area (Å²) in [4.78, 5) is 12.8. The van der Waals surface area contributed by atoms with E-state index < -0.39 is 15.9 Å². The third-order valence-electron chi connectivity index (χ3n) is 4.65. The van der Waals surface area contributed by atoms with E-state index in [9.17, 15) is 13.2 Å². The number of nitrogens with zero attached hydrogens (tertiary/aromatic N) is 1. The van der Waals surface area contributed by atoms with E-state index in [1.54, 1.807) is 31.4 Å². The predicted octanol–water partition coefficient (Wildman–Crippen LogP) is 4.17. The van der Waals surface area contributed by atoms with Crippen LogP contribution in [-0.4, -0.2) is 28.0 Å². The maximum Gasteiger partial charge on any atom is 0.264 e. The van der Waals surface area contributed by atoms with Crippen LogP contribution in [0.4, 0.5) is 5.69 Å². The summed E-state index contributed by atoms with van der Waals surface area (Å²) in [5, 5.41) is 3.20. The number of hydrogen-bond acceptors (Lipinski definition) is 4. The van der Waals surface area contributed by atoms with Gasteiger partial charge in [0.2, 0.25) is 5.91 Å². The first-order valence-electron chi connectivity index (χ1n) is 9.55. The third kappa shape index (κ3) is 5.57. The predicted molar refractivity (Wildman–Crippen MR) is 122 cm³/mol. The van der Waals surface area contributed by atoms with Gasteiger partial charge < -0.3 is 10.1 Å². The van der Waals surface area contributed by atoms with E-state index >= 15 is 0 Å². The van der Waals surface area contributed by atoms with Crippen molar-refractivity contribution in [2.75, 3.05) is 18.0 Å². The molecule has 0 atom stereocenters. The number of ether oxygens (including phenoxy) is 1. The number of sulfonamides is 1. The van der Waals surface area contributed by atoms with Crippen molar-refractivity contribution >= 4 is 33.2 Å². The second-order valence-electron chi connectivity index (χ2n) is 6.89. The fourth-order valence-corrected chi connectivity index (χ4v) is 4.60. The Kier molecular flexibility index (Phi) is 7.20. The summed E-state index contributed by atoms with van der Waals surface area (Å²) in [7, 11) is -2.43. The maximum absolute atomic E-state index is 13.3. The van der Waals surface area contributed by atoms with Gasteiger partial charge in [0.25, 0.3) is 10.0 Å². The molecule has 1 amide bonds. The molecule has 0 spiro atoms. The number of hydrogen-bond donors (Lipinski definition) is 1. The van der Waals surface area contributed by atoms with Crippen molar-refractivity contribution in [1.82, 2.24) is 5.32 Å². The van der Waals surface area contributed by atoms with E-state index in [-0.39, 0.29) is 18.0 Å². The Balaban J connectivity index is 1.86. The zero-order valence-electron chi connectivity index (χ0n) is 17.2. The van der Waals surface area contributed by atoms with E-state index in [1.807, 2.05) is 31.2 Å². The normalized spacial score (nSPS) is 11.1. The van der Waals surface area contributed by atoms with Gasteiger partial charge in [-0.05, 0) is 55.0 Å². The number of anilines is 1. The molecule has 0 radical (unpaired) electrons. The number of rotatable bonds is 8. The minimum Gasteiger partial charge on any atom is -0.496 e. The average Bonchev–Trinajstić information content (AvgIpc) is 2.76. The molecule has 31 heavy (non-hydrogen) atoms. The lowest BCUT2D eigenvalue weighted by Crippen LogP contribution is -2.40. The quantitative estimate of drug-likeness (QED) is 0.549. The van der Waals surface area contributed by atoms with Gasteiger partial charge in [-0.3, -0.25) is 9.10 Å². The van der Waals surface area contributed by atoms with Crippen molar-refractivity contribution in [3.05, 3.63) is 88.9 Å². The summed E-state index contributed by atoms with van der Waals surface area (Å²) in [5.41, 5.74) is 2.08. The molecule has 0 aliphatic rings. The van der Waals surface area contributed by atoms with Crippen molar-refractivity contribution in [2.45, 2.75) is 18.4 Å². The largest absolute Gasteiger partial charge is 0.496 e. The van der Waals surface area contributed by atoms with Crippen LogP contribution in [0.2, 0.25) is 5.02 Å². The fourth-order valence-electron chi connectivity index (χ4n) is 3.06. The lowest BCUT2D eigenvalue weighted by atomic mass is 10.2. The topological polar surface area (TPSA) is 75.7 Å². The Morgan fingerprint density at radius 3 is 2.42 bits per heavy atom. The molecular formula is C23H23ClN2O4S. The Labute approximate surface area is 187 Å². The molecule has 8 heteroatoms. The van der Waals surface area contributed by atoms with Gasteiger partial charge in [-0.25, -0.2) is 8.42 Å². The molecule has 0 aliphatic heterocycles. The van der Waals surface area contributed by atoms with E-state index in [2.05, 4.69) is 5.32 Å². The molecular weight excluding hydrogens is 436 g/mol. The monoisotopic (exact) mass is 458 g/mol. The average molecular weight is 459 g/mol. The van der Waals surface area contributed by atoms with Gasteiger partial charge in [0.15, 0.2) is 0 Å². The summed E-state index contributed by atoms with van der Waals surface area (Å²) < 4.78 is 33.1. The maximum atomic E-state index is 13.3. The van der Waals surface area contributed by atoms with Crippen LogP contribution in [0, 0.1) is 6.92 Å². The van der Waals surface area contributed by atoms with Crippen LogP contribution >= 0.6 is 11.6 Å². The molecule has 0 saturated heterocycles. The lowest BCUT2D eigenvalue weighted by Gasteiger charge is -2.24. The zero-order valence-corrected chi connectivity index (χ0v) is 18.8. The first kappa shape index (κ1) is 22.7. The molecule has 3 aromatic carbocycles. The lowest BCUT2D eigenvalue weighted by molar-refractivity contribution is -0.119. The van der Waals surface area contributed by atoms with Crippen molar-refractivity contribution in [1.29, 1.82) is 0 Å².